The molecule has 20 heavy (non-hydrogen) atoms. The number of carbonyl (C=O) groups is 2. The van der Waals surface area contributed by atoms with Crippen LogP contribution in [0.25, 0.3) is 0 Å². The van der Waals surface area contributed by atoms with Crippen LogP contribution >= 0.6 is 15.9 Å². The molecular formula is C14H19BrN2O3. The smallest absolute Gasteiger partial charge is 0.328 e. The van der Waals surface area contributed by atoms with Crippen molar-refractivity contribution in [3.8, 4) is 0 Å². The van der Waals surface area contributed by atoms with Crippen LogP contribution < -0.4 is 11.1 Å². The number of ether oxygens (including phenoxy) is 1. The van der Waals surface area contributed by atoms with Crippen molar-refractivity contribution >= 4 is 33.5 Å². The maximum atomic E-state index is 12.2. The van der Waals surface area contributed by atoms with Crippen LogP contribution in [0.15, 0.2) is 22.7 Å². The number of nitrogens with two attached hydrogens (primary N) is 1. The molecular weight excluding hydrogens is 324 g/mol. The summed E-state index contributed by atoms with van der Waals surface area (Å²) in [4.78, 5) is 24.0. The molecule has 0 fully saturated rings. The van der Waals surface area contributed by atoms with Crippen molar-refractivity contribution in [3.05, 3.63) is 28.2 Å². The Bertz CT molecular complexity index is 505. The molecule has 1 aromatic carbocycles. The molecule has 2 unspecified atom stereocenters. The van der Waals surface area contributed by atoms with Crippen molar-refractivity contribution in [3.63, 3.8) is 0 Å². The normalized spacial score (nSPS) is 13.4. The Morgan fingerprint density at radius 2 is 2.10 bits per heavy atom. The Hall–Kier alpha value is -1.56. The van der Waals surface area contributed by atoms with Crippen LogP contribution in [-0.4, -0.2) is 25.0 Å². The number of halogens is 1. The van der Waals surface area contributed by atoms with Crippen LogP contribution in [0.4, 0.5) is 5.69 Å². The van der Waals surface area contributed by atoms with Gasteiger partial charge in [0.25, 0.3) is 5.91 Å². The van der Waals surface area contributed by atoms with Gasteiger partial charge in [-0.3, -0.25) is 4.79 Å². The number of rotatable bonds is 5. The second kappa shape index (κ2) is 7.28. The van der Waals surface area contributed by atoms with Gasteiger partial charge in [0.05, 0.1) is 12.7 Å². The predicted molar refractivity (Wildman–Crippen MR) is 81.3 cm³/mol. The van der Waals surface area contributed by atoms with Crippen molar-refractivity contribution in [1.82, 2.24) is 5.32 Å². The molecule has 1 aromatic rings. The first kappa shape index (κ1) is 16.5. The van der Waals surface area contributed by atoms with Gasteiger partial charge in [-0.2, -0.15) is 0 Å². The Labute approximate surface area is 127 Å². The lowest BCUT2D eigenvalue weighted by Crippen LogP contribution is -2.45. The predicted octanol–water partition coefficient (Wildman–Crippen LogP) is 2.35. The average Bonchev–Trinajstić information content (AvgIpc) is 2.45. The van der Waals surface area contributed by atoms with Crippen LogP contribution in [0.1, 0.15) is 30.6 Å². The van der Waals surface area contributed by atoms with E-state index in [2.05, 4.69) is 21.2 Å². The highest BCUT2D eigenvalue weighted by molar-refractivity contribution is 9.10. The number of nitrogen functional groups attached to an aromatic ring is 1. The monoisotopic (exact) mass is 342 g/mol. The van der Waals surface area contributed by atoms with Gasteiger partial charge < -0.3 is 15.8 Å². The topological polar surface area (TPSA) is 81.4 Å². The van der Waals surface area contributed by atoms with Crippen molar-refractivity contribution in [2.24, 2.45) is 5.92 Å². The summed E-state index contributed by atoms with van der Waals surface area (Å²) in [5, 5.41) is 2.69. The molecule has 110 valence electrons. The van der Waals surface area contributed by atoms with Gasteiger partial charge in [-0.1, -0.05) is 36.2 Å². The van der Waals surface area contributed by atoms with E-state index in [9.17, 15) is 9.59 Å². The third kappa shape index (κ3) is 3.96. The minimum Gasteiger partial charge on any atom is -0.467 e. The van der Waals surface area contributed by atoms with Crippen molar-refractivity contribution in [2.45, 2.75) is 26.3 Å². The van der Waals surface area contributed by atoms with Gasteiger partial charge >= 0.3 is 5.97 Å². The maximum Gasteiger partial charge on any atom is 0.328 e. The quantitative estimate of drug-likeness (QED) is 0.635. The van der Waals surface area contributed by atoms with Crippen LogP contribution in [0.5, 0.6) is 0 Å². The summed E-state index contributed by atoms with van der Waals surface area (Å²) < 4.78 is 5.48. The Kier molecular flexibility index (Phi) is 6.01. The molecule has 2 atom stereocenters. The minimum absolute atomic E-state index is 0.0280. The second-order valence-corrected chi connectivity index (χ2v) is 5.51. The lowest BCUT2D eigenvalue weighted by molar-refractivity contribution is -0.144. The molecule has 0 saturated heterocycles. The SMILES string of the molecule is CCC(C)C(NC(=O)c1cc(Br)ccc1N)C(=O)OC. The molecule has 0 spiro atoms. The molecule has 1 amide bonds. The van der Waals surface area contributed by atoms with E-state index < -0.39 is 12.0 Å². The fourth-order valence-corrected chi connectivity index (χ4v) is 2.10. The fraction of sp³-hybridized carbons (Fsp3) is 0.429. The maximum absolute atomic E-state index is 12.2. The van der Waals surface area contributed by atoms with Gasteiger partial charge in [-0.15, -0.1) is 0 Å². The van der Waals surface area contributed by atoms with Gasteiger partial charge in [-0.25, -0.2) is 4.79 Å². The first-order valence-electron chi connectivity index (χ1n) is 6.34. The third-order valence-corrected chi connectivity index (χ3v) is 3.71. The zero-order valence-electron chi connectivity index (χ0n) is 11.8. The summed E-state index contributed by atoms with van der Waals surface area (Å²) in [7, 11) is 1.30. The van der Waals surface area contributed by atoms with Gasteiger partial charge in [-0.05, 0) is 24.1 Å². The van der Waals surface area contributed by atoms with Crippen LogP contribution in [0.3, 0.4) is 0 Å². The highest BCUT2D eigenvalue weighted by Gasteiger charge is 2.27. The molecule has 3 N–H and O–H groups in total. The summed E-state index contributed by atoms with van der Waals surface area (Å²) in [6.45, 7) is 3.83. The molecule has 0 heterocycles. The summed E-state index contributed by atoms with van der Waals surface area (Å²) in [5.41, 5.74) is 6.48. The number of hydrogen-bond acceptors (Lipinski definition) is 4. The number of benzene rings is 1. The number of nitrogens with one attached hydrogen (secondary N) is 1. The molecule has 0 aliphatic rings. The van der Waals surface area contributed by atoms with Crippen LogP contribution in [0, 0.1) is 5.92 Å². The van der Waals surface area contributed by atoms with E-state index in [1.54, 1.807) is 18.2 Å². The van der Waals surface area contributed by atoms with E-state index in [-0.39, 0.29) is 11.8 Å². The molecule has 6 heteroatoms. The lowest BCUT2D eigenvalue weighted by Gasteiger charge is -2.22. The van der Waals surface area contributed by atoms with E-state index in [0.717, 1.165) is 10.9 Å². The molecule has 0 bridgehead atoms. The standard InChI is InChI=1S/C14H19BrN2O3/c1-4-8(2)12(14(19)20-3)17-13(18)10-7-9(15)5-6-11(10)16/h5-8,12H,4,16H2,1-3H3,(H,17,18). The van der Waals surface area contributed by atoms with Gasteiger partial charge in [0.2, 0.25) is 0 Å². The summed E-state index contributed by atoms with van der Waals surface area (Å²) in [5.74, 6) is -0.874. The Morgan fingerprint density at radius 3 is 2.65 bits per heavy atom. The Morgan fingerprint density at radius 1 is 1.45 bits per heavy atom. The van der Waals surface area contributed by atoms with Crippen molar-refractivity contribution in [2.75, 3.05) is 12.8 Å². The molecule has 5 nitrogen and oxygen atoms in total. The van der Waals surface area contributed by atoms with Gasteiger partial charge in [0.1, 0.15) is 6.04 Å². The van der Waals surface area contributed by atoms with Crippen LogP contribution in [-0.2, 0) is 9.53 Å². The number of hydrogen-bond donors (Lipinski definition) is 2. The molecule has 0 aliphatic heterocycles. The Balaban J connectivity index is 2.96. The highest BCUT2D eigenvalue weighted by atomic mass is 79.9. The first-order valence-corrected chi connectivity index (χ1v) is 7.13. The lowest BCUT2D eigenvalue weighted by atomic mass is 9.98. The first-order chi connectivity index (χ1) is 9.40. The summed E-state index contributed by atoms with van der Waals surface area (Å²) in [6, 6.07) is 4.32. The largest absolute Gasteiger partial charge is 0.467 e. The zero-order chi connectivity index (χ0) is 15.3. The molecule has 0 radical (unpaired) electrons. The number of carbonyl (C=O) groups excluding carboxylic acids is 2. The number of anilines is 1. The molecule has 1 rings (SSSR count). The van der Waals surface area contributed by atoms with Crippen LogP contribution in [0.2, 0.25) is 0 Å². The molecule has 0 saturated carbocycles. The number of methoxy groups -OCH3 is 1. The van der Waals surface area contributed by atoms with Crippen molar-refractivity contribution in [1.29, 1.82) is 0 Å². The van der Waals surface area contributed by atoms with Crippen molar-refractivity contribution < 1.29 is 14.3 Å². The van der Waals surface area contributed by atoms with Gasteiger partial charge in [0.15, 0.2) is 0 Å². The third-order valence-electron chi connectivity index (χ3n) is 3.21. The highest BCUT2D eigenvalue weighted by Crippen LogP contribution is 2.19. The summed E-state index contributed by atoms with van der Waals surface area (Å²) in [6.07, 6.45) is 0.744. The molecule has 0 aromatic heterocycles. The second-order valence-electron chi connectivity index (χ2n) is 4.59. The number of amides is 1. The van der Waals surface area contributed by atoms with Gasteiger partial charge in [0, 0.05) is 10.2 Å². The number of esters is 1. The summed E-state index contributed by atoms with van der Waals surface area (Å²) >= 11 is 3.29. The average molecular weight is 343 g/mol. The zero-order valence-corrected chi connectivity index (χ0v) is 13.4. The van der Waals surface area contributed by atoms with E-state index in [1.165, 1.54) is 7.11 Å². The van der Waals surface area contributed by atoms with E-state index in [1.807, 2.05) is 13.8 Å². The van der Waals surface area contributed by atoms with E-state index >= 15 is 0 Å². The molecule has 0 aliphatic carbocycles. The van der Waals surface area contributed by atoms with E-state index in [0.29, 0.717) is 11.3 Å². The fourth-order valence-electron chi connectivity index (χ4n) is 1.74. The minimum atomic E-state index is -0.684. The van der Waals surface area contributed by atoms with E-state index in [4.69, 9.17) is 10.5 Å².